The smallest absolute Gasteiger partial charge is 0.243 e. The molecule has 2 N–H and O–H groups in total. The Bertz CT molecular complexity index is 315. The van der Waals surface area contributed by atoms with Crippen molar-refractivity contribution in [3.05, 3.63) is 11.6 Å². The SMILES string of the molecule is CC(=CC(=O)NCC1CCCC(O)C1)C(C)(C)C. The van der Waals surface area contributed by atoms with Crippen molar-refractivity contribution >= 4 is 5.91 Å². The van der Waals surface area contributed by atoms with Crippen LogP contribution in [0.5, 0.6) is 0 Å². The molecule has 1 aliphatic rings. The molecule has 2 unspecified atom stereocenters. The number of carbonyl (C=O) groups is 1. The molecule has 0 bridgehead atoms. The van der Waals surface area contributed by atoms with Crippen molar-refractivity contribution in [2.45, 2.75) is 59.5 Å². The van der Waals surface area contributed by atoms with Crippen molar-refractivity contribution in [2.75, 3.05) is 6.54 Å². The number of hydrogen-bond donors (Lipinski definition) is 2. The van der Waals surface area contributed by atoms with Gasteiger partial charge in [-0.2, -0.15) is 0 Å². The number of amides is 1. The molecule has 3 heteroatoms. The Balaban J connectivity index is 2.37. The molecular formula is C15H27NO2. The minimum absolute atomic E-state index is 0.0116. The summed E-state index contributed by atoms with van der Waals surface area (Å²) in [6.45, 7) is 8.98. The Morgan fingerprint density at radius 2 is 2.06 bits per heavy atom. The minimum Gasteiger partial charge on any atom is -0.393 e. The second-order valence-electron chi connectivity index (χ2n) is 6.51. The van der Waals surface area contributed by atoms with Crippen LogP contribution in [0.2, 0.25) is 0 Å². The van der Waals surface area contributed by atoms with Crippen LogP contribution in [0, 0.1) is 11.3 Å². The van der Waals surface area contributed by atoms with Gasteiger partial charge in [0.2, 0.25) is 5.91 Å². The summed E-state index contributed by atoms with van der Waals surface area (Å²) < 4.78 is 0. The van der Waals surface area contributed by atoms with E-state index in [2.05, 4.69) is 26.1 Å². The van der Waals surface area contributed by atoms with E-state index in [0.717, 1.165) is 31.3 Å². The number of carbonyl (C=O) groups excluding carboxylic acids is 1. The van der Waals surface area contributed by atoms with E-state index in [1.165, 1.54) is 0 Å². The van der Waals surface area contributed by atoms with Crippen LogP contribution in [0.25, 0.3) is 0 Å². The summed E-state index contributed by atoms with van der Waals surface area (Å²) in [5.41, 5.74) is 1.13. The van der Waals surface area contributed by atoms with Crippen LogP contribution in [0.4, 0.5) is 0 Å². The van der Waals surface area contributed by atoms with Gasteiger partial charge >= 0.3 is 0 Å². The number of nitrogens with one attached hydrogen (secondary N) is 1. The van der Waals surface area contributed by atoms with Crippen LogP contribution in [0.15, 0.2) is 11.6 Å². The van der Waals surface area contributed by atoms with E-state index in [0.29, 0.717) is 12.5 Å². The summed E-state index contributed by atoms with van der Waals surface area (Å²) in [7, 11) is 0. The monoisotopic (exact) mass is 253 g/mol. The van der Waals surface area contributed by atoms with Crippen molar-refractivity contribution in [3.63, 3.8) is 0 Å². The highest BCUT2D eigenvalue weighted by Gasteiger charge is 2.20. The van der Waals surface area contributed by atoms with E-state index in [9.17, 15) is 9.90 Å². The van der Waals surface area contributed by atoms with E-state index >= 15 is 0 Å². The Hall–Kier alpha value is -0.830. The molecule has 0 aromatic carbocycles. The van der Waals surface area contributed by atoms with Gasteiger partial charge in [-0.15, -0.1) is 0 Å². The van der Waals surface area contributed by atoms with E-state index in [4.69, 9.17) is 0 Å². The van der Waals surface area contributed by atoms with Gasteiger partial charge in [0, 0.05) is 12.6 Å². The zero-order valence-corrected chi connectivity index (χ0v) is 12.1. The maximum atomic E-state index is 11.8. The topological polar surface area (TPSA) is 49.3 Å². The summed E-state index contributed by atoms with van der Waals surface area (Å²) >= 11 is 0. The van der Waals surface area contributed by atoms with Gasteiger partial charge in [-0.05, 0) is 37.5 Å². The standard InChI is InChI=1S/C15H27NO2/c1-11(15(2,3)4)8-14(18)16-10-12-6-5-7-13(17)9-12/h8,12-13,17H,5-7,9-10H2,1-4H3,(H,16,18). The molecule has 0 aromatic rings. The maximum Gasteiger partial charge on any atom is 0.243 e. The normalized spacial score (nSPS) is 25.9. The first kappa shape index (κ1) is 15.2. The highest BCUT2D eigenvalue weighted by Crippen LogP contribution is 2.25. The lowest BCUT2D eigenvalue weighted by Gasteiger charge is -2.26. The van der Waals surface area contributed by atoms with E-state index in [1.807, 2.05) is 6.92 Å². The third-order valence-corrected chi connectivity index (χ3v) is 3.85. The number of rotatable bonds is 3. The molecule has 0 radical (unpaired) electrons. The molecule has 1 saturated carbocycles. The van der Waals surface area contributed by atoms with Gasteiger partial charge < -0.3 is 10.4 Å². The molecule has 0 spiro atoms. The first-order valence-electron chi connectivity index (χ1n) is 6.93. The third kappa shape index (κ3) is 5.21. The van der Waals surface area contributed by atoms with E-state index in [1.54, 1.807) is 6.08 Å². The van der Waals surface area contributed by atoms with Crippen molar-refractivity contribution in [1.82, 2.24) is 5.32 Å². The average molecular weight is 253 g/mol. The molecule has 3 nitrogen and oxygen atoms in total. The zero-order valence-electron chi connectivity index (χ0n) is 12.1. The van der Waals surface area contributed by atoms with Crippen molar-refractivity contribution in [2.24, 2.45) is 11.3 Å². The molecule has 18 heavy (non-hydrogen) atoms. The molecule has 0 heterocycles. The molecule has 1 amide bonds. The summed E-state index contributed by atoms with van der Waals surface area (Å²) in [4.78, 5) is 11.8. The average Bonchev–Trinajstić information content (AvgIpc) is 2.25. The predicted molar refractivity (Wildman–Crippen MR) is 74.2 cm³/mol. The molecule has 1 fully saturated rings. The van der Waals surface area contributed by atoms with Gasteiger partial charge in [0.15, 0.2) is 0 Å². The fraction of sp³-hybridized carbons (Fsp3) is 0.800. The number of hydrogen-bond acceptors (Lipinski definition) is 2. The fourth-order valence-corrected chi connectivity index (χ4v) is 2.16. The fourth-order valence-electron chi connectivity index (χ4n) is 2.16. The highest BCUT2D eigenvalue weighted by atomic mass is 16.3. The Morgan fingerprint density at radius 1 is 1.39 bits per heavy atom. The minimum atomic E-state index is -0.174. The Morgan fingerprint density at radius 3 is 2.61 bits per heavy atom. The highest BCUT2D eigenvalue weighted by molar-refractivity contribution is 5.88. The van der Waals surface area contributed by atoms with Crippen LogP contribution in [0.1, 0.15) is 53.4 Å². The largest absolute Gasteiger partial charge is 0.393 e. The van der Waals surface area contributed by atoms with Gasteiger partial charge in [-0.25, -0.2) is 0 Å². The van der Waals surface area contributed by atoms with Crippen LogP contribution in [0.3, 0.4) is 0 Å². The molecule has 0 aromatic heterocycles. The molecule has 104 valence electrons. The number of allylic oxidation sites excluding steroid dienone is 1. The van der Waals surface area contributed by atoms with Crippen molar-refractivity contribution < 1.29 is 9.90 Å². The van der Waals surface area contributed by atoms with Crippen LogP contribution in [-0.2, 0) is 4.79 Å². The van der Waals surface area contributed by atoms with Crippen molar-refractivity contribution in [1.29, 1.82) is 0 Å². The van der Waals surface area contributed by atoms with Gasteiger partial charge in [0.1, 0.15) is 0 Å². The lowest BCUT2D eigenvalue weighted by Crippen LogP contribution is -2.32. The first-order chi connectivity index (χ1) is 8.29. The van der Waals surface area contributed by atoms with Gasteiger partial charge in [0.05, 0.1) is 6.10 Å². The second kappa shape index (κ2) is 6.37. The summed E-state index contributed by atoms with van der Waals surface area (Å²) in [5.74, 6) is 0.420. The quantitative estimate of drug-likeness (QED) is 0.760. The first-order valence-corrected chi connectivity index (χ1v) is 6.93. The molecule has 0 saturated heterocycles. The molecule has 1 rings (SSSR count). The predicted octanol–water partition coefficient (Wildman–Crippen LogP) is 2.65. The second-order valence-corrected chi connectivity index (χ2v) is 6.51. The molecule has 0 aliphatic heterocycles. The maximum absolute atomic E-state index is 11.8. The molecule has 2 atom stereocenters. The Kier molecular flexibility index (Phi) is 5.39. The van der Waals surface area contributed by atoms with Crippen LogP contribution < -0.4 is 5.32 Å². The van der Waals surface area contributed by atoms with Crippen LogP contribution >= 0.6 is 0 Å². The van der Waals surface area contributed by atoms with Crippen LogP contribution in [-0.4, -0.2) is 23.7 Å². The lowest BCUT2D eigenvalue weighted by atomic mass is 9.86. The van der Waals surface area contributed by atoms with Crippen molar-refractivity contribution in [3.8, 4) is 0 Å². The number of aliphatic hydroxyl groups excluding tert-OH is 1. The molecule has 1 aliphatic carbocycles. The van der Waals surface area contributed by atoms with E-state index < -0.39 is 0 Å². The Labute approximate surface area is 111 Å². The summed E-state index contributed by atoms with van der Waals surface area (Å²) in [5, 5.41) is 12.5. The van der Waals surface area contributed by atoms with Gasteiger partial charge in [-0.1, -0.05) is 32.8 Å². The van der Waals surface area contributed by atoms with Gasteiger partial charge in [-0.3, -0.25) is 4.79 Å². The lowest BCUT2D eigenvalue weighted by molar-refractivity contribution is -0.116. The summed E-state index contributed by atoms with van der Waals surface area (Å²) in [6.07, 6.45) is 5.43. The molecular weight excluding hydrogens is 226 g/mol. The zero-order chi connectivity index (χ0) is 13.8. The van der Waals surface area contributed by atoms with E-state index in [-0.39, 0.29) is 17.4 Å². The number of aliphatic hydroxyl groups is 1. The van der Waals surface area contributed by atoms with Gasteiger partial charge in [0.25, 0.3) is 0 Å². The summed E-state index contributed by atoms with van der Waals surface area (Å²) in [6, 6.07) is 0. The third-order valence-electron chi connectivity index (χ3n) is 3.85.